The van der Waals surface area contributed by atoms with E-state index in [0.29, 0.717) is 41.6 Å². The lowest BCUT2D eigenvalue weighted by Gasteiger charge is -2.07. The average Bonchev–Trinajstić information content (AvgIpc) is 3.18. The van der Waals surface area contributed by atoms with Crippen LogP contribution >= 0.6 is 0 Å². The molecule has 0 aliphatic rings. The van der Waals surface area contributed by atoms with Crippen molar-refractivity contribution >= 4 is 11.7 Å². The third kappa shape index (κ3) is 5.32. The zero-order valence-electron chi connectivity index (χ0n) is 15.4. The molecule has 0 radical (unpaired) electrons. The molecule has 0 atom stereocenters. The SMILES string of the molecule is COCCNC(=O)Nc1ccc(-c2n[nH]c(-c3ccc(C(F)(F)F)cc3)n2)cc1. The number of hydrogen-bond donors (Lipinski definition) is 3. The van der Waals surface area contributed by atoms with E-state index in [1.807, 2.05) is 0 Å². The van der Waals surface area contributed by atoms with Gasteiger partial charge in [-0.3, -0.25) is 5.10 Å². The number of alkyl halides is 3. The maximum Gasteiger partial charge on any atom is 0.416 e. The van der Waals surface area contributed by atoms with Crippen molar-refractivity contribution in [3.63, 3.8) is 0 Å². The van der Waals surface area contributed by atoms with Gasteiger partial charge in [0.15, 0.2) is 11.6 Å². The molecular formula is C19H18F3N5O2. The largest absolute Gasteiger partial charge is 0.416 e. The topological polar surface area (TPSA) is 91.9 Å². The van der Waals surface area contributed by atoms with Gasteiger partial charge in [0.2, 0.25) is 0 Å². The molecule has 0 aliphatic carbocycles. The quantitative estimate of drug-likeness (QED) is 0.542. The normalized spacial score (nSPS) is 11.3. The number of methoxy groups -OCH3 is 1. The van der Waals surface area contributed by atoms with E-state index in [1.54, 1.807) is 31.4 Å². The molecule has 3 N–H and O–H groups in total. The number of nitrogens with one attached hydrogen (secondary N) is 3. The molecule has 1 aromatic heterocycles. The molecule has 2 amide bonds. The number of carbonyl (C=O) groups is 1. The van der Waals surface area contributed by atoms with Gasteiger partial charge in [-0.25, -0.2) is 9.78 Å². The van der Waals surface area contributed by atoms with Crippen molar-refractivity contribution in [2.24, 2.45) is 0 Å². The first-order chi connectivity index (χ1) is 13.9. The van der Waals surface area contributed by atoms with E-state index in [1.165, 1.54) is 12.1 Å². The van der Waals surface area contributed by atoms with Crippen LogP contribution in [0.1, 0.15) is 5.56 Å². The molecule has 10 heteroatoms. The third-order valence-corrected chi connectivity index (χ3v) is 3.96. The molecular weight excluding hydrogens is 387 g/mol. The van der Waals surface area contributed by atoms with Gasteiger partial charge in [0.25, 0.3) is 0 Å². The van der Waals surface area contributed by atoms with Crippen molar-refractivity contribution in [1.82, 2.24) is 20.5 Å². The van der Waals surface area contributed by atoms with Crippen LogP contribution in [0.5, 0.6) is 0 Å². The van der Waals surface area contributed by atoms with Crippen LogP contribution in [-0.2, 0) is 10.9 Å². The number of urea groups is 1. The fourth-order valence-corrected chi connectivity index (χ4v) is 2.48. The van der Waals surface area contributed by atoms with Gasteiger partial charge in [0, 0.05) is 30.5 Å². The van der Waals surface area contributed by atoms with E-state index in [9.17, 15) is 18.0 Å². The Morgan fingerprint density at radius 3 is 2.34 bits per heavy atom. The minimum absolute atomic E-state index is 0.350. The molecule has 29 heavy (non-hydrogen) atoms. The van der Waals surface area contributed by atoms with Crippen molar-refractivity contribution in [2.45, 2.75) is 6.18 Å². The van der Waals surface area contributed by atoms with Crippen LogP contribution in [0.4, 0.5) is 23.7 Å². The van der Waals surface area contributed by atoms with E-state index >= 15 is 0 Å². The molecule has 0 bridgehead atoms. The van der Waals surface area contributed by atoms with Gasteiger partial charge in [0.1, 0.15) is 0 Å². The number of hydrogen-bond acceptors (Lipinski definition) is 4. The van der Waals surface area contributed by atoms with E-state index in [0.717, 1.165) is 12.1 Å². The summed E-state index contributed by atoms with van der Waals surface area (Å²) >= 11 is 0. The number of halogens is 3. The lowest BCUT2D eigenvalue weighted by atomic mass is 10.1. The van der Waals surface area contributed by atoms with Gasteiger partial charge >= 0.3 is 12.2 Å². The Hall–Kier alpha value is -3.40. The standard InChI is InChI=1S/C19H18F3N5O2/c1-29-11-10-23-18(28)24-15-8-4-13(5-9-15)17-25-16(26-27-17)12-2-6-14(7-3-12)19(20,21)22/h2-9H,10-11H2,1H3,(H2,23,24,28)(H,25,26,27). The van der Waals surface area contributed by atoms with Crippen molar-refractivity contribution in [3.8, 4) is 22.8 Å². The number of aromatic amines is 1. The van der Waals surface area contributed by atoms with Crippen molar-refractivity contribution in [2.75, 3.05) is 25.6 Å². The maximum absolute atomic E-state index is 12.7. The first-order valence-corrected chi connectivity index (χ1v) is 8.61. The number of nitrogens with zero attached hydrogens (tertiary/aromatic N) is 2. The van der Waals surface area contributed by atoms with Crippen LogP contribution in [0, 0.1) is 0 Å². The summed E-state index contributed by atoms with van der Waals surface area (Å²) in [7, 11) is 1.55. The molecule has 3 aromatic rings. The highest BCUT2D eigenvalue weighted by Gasteiger charge is 2.30. The van der Waals surface area contributed by atoms with Crippen LogP contribution in [-0.4, -0.2) is 41.5 Å². The van der Waals surface area contributed by atoms with Crippen LogP contribution in [0.25, 0.3) is 22.8 Å². The smallest absolute Gasteiger partial charge is 0.383 e. The molecule has 3 rings (SSSR count). The number of carbonyl (C=O) groups excluding carboxylic acids is 1. The van der Waals surface area contributed by atoms with Crippen LogP contribution in [0.3, 0.4) is 0 Å². The molecule has 152 valence electrons. The summed E-state index contributed by atoms with van der Waals surface area (Å²) in [5.74, 6) is 0.740. The summed E-state index contributed by atoms with van der Waals surface area (Å²) in [5.41, 5.74) is 1.03. The zero-order chi connectivity index (χ0) is 20.9. The molecule has 0 saturated carbocycles. The molecule has 0 aliphatic heterocycles. The van der Waals surface area contributed by atoms with E-state index in [-0.39, 0.29) is 6.03 Å². The lowest BCUT2D eigenvalue weighted by molar-refractivity contribution is -0.137. The predicted octanol–water partition coefficient (Wildman–Crippen LogP) is 3.93. The second-order valence-electron chi connectivity index (χ2n) is 6.03. The molecule has 1 heterocycles. The molecule has 2 aromatic carbocycles. The summed E-state index contributed by atoms with van der Waals surface area (Å²) in [6, 6.07) is 11.2. The molecule has 0 unspecified atom stereocenters. The maximum atomic E-state index is 12.7. The molecule has 0 saturated heterocycles. The first-order valence-electron chi connectivity index (χ1n) is 8.61. The Kier molecular flexibility index (Phi) is 6.13. The predicted molar refractivity (Wildman–Crippen MR) is 101 cm³/mol. The number of amides is 2. The molecule has 0 fully saturated rings. The first kappa shape index (κ1) is 20.3. The monoisotopic (exact) mass is 405 g/mol. The molecule has 0 spiro atoms. The lowest BCUT2D eigenvalue weighted by Crippen LogP contribution is -2.31. The van der Waals surface area contributed by atoms with E-state index in [4.69, 9.17) is 4.74 Å². The van der Waals surface area contributed by atoms with E-state index < -0.39 is 11.7 Å². The Morgan fingerprint density at radius 2 is 1.72 bits per heavy atom. The summed E-state index contributed by atoms with van der Waals surface area (Å²) in [5, 5.41) is 12.1. The van der Waals surface area contributed by atoms with Crippen molar-refractivity contribution in [3.05, 3.63) is 54.1 Å². The number of anilines is 1. The third-order valence-electron chi connectivity index (χ3n) is 3.96. The Morgan fingerprint density at radius 1 is 1.07 bits per heavy atom. The second kappa shape index (κ2) is 8.74. The average molecular weight is 405 g/mol. The highest BCUT2D eigenvalue weighted by atomic mass is 19.4. The van der Waals surface area contributed by atoms with Gasteiger partial charge in [0.05, 0.1) is 12.2 Å². The fraction of sp³-hybridized carbons (Fsp3) is 0.211. The summed E-state index contributed by atoms with van der Waals surface area (Å²) < 4.78 is 42.8. The van der Waals surface area contributed by atoms with Crippen LogP contribution in [0.15, 0.2) is 48.5 Å². The Balaban J connectivity index is 1.66. The fourth-order valence-electron chi connectivity index (χ4n) is 2.48. The minimum atomic E-state index is -4.39. The number of rotatable bonds is 6. The number of benzene rings is 2. The number of aromatic nitrogens is 3. The Labute approximate surface area is 164 Å². The van der Waals surface area contributed by atoms with Crippen LogP contribution < -0.4 is 10.6 Å². The van der Waals surface area contributed by atoms with E-state index in [2.05, 4.69) is 25.8 Å². The van der Waals surface area contributed by atoms with Crippen molar-refractivity contribution in [1.29, 1.82) is 0 Å². The number of ether oxygens (including phenoxy) is 1. The second-order valence-corrected chi connectivity index (χ2v) is 6.03. The Bertz CT molecular complexity index is 953. The van der Waals surface area contributed by atoms with Gasteiger partial charge in [-0.2, -0.15) is 18.3 Å². The zero-order valence-corrected chi connectivity index (χ0v) is 15.4. The molecule has 7 nitrogen and oxygen atoms in total. The van der Waals surface area contributed by atoms with Crippen LogP contribution in [0.2, 0.25) is 0 Å². The van der Waals surface area contributed by atoms with Gasteiger partial charge in [-0.05, 0) is 36.4 Å². The van der Waals surface area contributed by atoms with Crippen molar-refractivity contribution < 1.29 is 22.7 Å². The summed E-state index contributed by atoms with van der Waals surface area (Å²) in [4.78, 5) is 16.0. The summed E-state index contributed by atoms with van der Waals surface area (Å²) in [6.45, 7) is 0.808. The van der Waals surface area contributed by atoms with Gasteiger partial charge in [-0.1, -0.05) is 12.1 Å². The minimum Gasteiger partial charge on any atom is -0.383 e. The highest BCUT2D eigenvalue weighted by molar-refractivity contribution is 5.89. The van der Waals surface area contributed by atoms with Gasteiger partial charge < -0.3 is 15.4 Å². The number of H-pyrrole nitrogens is 1. The highest BCUT2D eigenvalue weighted by Crippen LogP contribution is 2.30. The summed E-state index contributed by atoms with van der Waals surface area (Å²) in [6.07, 6.45) is -4.39. The van der Waals surface area contributed by atoms with Gasteiger partial charge in [-0.15, -0.1) is 0 Å².